The molecule has 1 amide bonds. The molecule has 0 radical (unpaired) electrons. The van der Waals surface area contributed by atoms with Crippen LogP contribution in [0.5, 0.6) is 0 Å². The third kappa shape index (κ3) is 36.7. The SMILES string of the molecule is CC/C=C\C[C@H](O)/C=C/C=C\C/C=C\C=C\[C@H](O)/C=C\CCCC(=O)N[C@@H](COP(=O)([O-])OCC[N+](C)(C)C)[C@H](O)/C=C/CC/C=C\CCCCCCCC. The predicted molar refractivity (Wildman–Crippen MR) is 226 cm³/mol. The lowest BCUT2D eigenvalue weighted by atomic mass is 10.1. The molecule has 0 spiro atoms. The molecule has 0 saturated carbocycles. The molecule has 0 aliphatic carbocycles. The summed E-state index contributed by atoms with van der Waals surface area (Å²) in [6, 6.07) is -0.996. The summed E-state index contributed by atoms with van der Waals surface area (Å²) in [5.41, 5.74) is 0. The van der Waals surface area contributed by atoms with Gasteiger partial charge in [0.15, 0.2) is 0 Å². The summed E-state index contributed by atoms with van der Waals surface area (Å²) in [4.78, 5) is 25.2. The summed E-state index contributed by atoms with van der Waals surface area (Å²) >= 11 is 0. The number of aliphatic hydroxyl groups is 3. The highest BCUT2D eigenvalue weighted by atomic mass is 31.2. The Kier molecular flexibility index (Phi) is 32.9. The molecule has 0 rings (SSSR count). The van der Waals surface area contributed by atoms with Gasteiger partial charge in [-0.2, -0.15) is 0 Å². The van der Waals surface area contributed by atoms with Crippen LogP contribution in [0.4, 0.5) is 0 Å². The van der Waals surface area contributed by atoms with E-state index >= 15 is 0 Å². The fraction of sp³-hybridized carbons (Fsp3) is 0.614. The first-order valence-electron chi connectivity index (χ1n) is 20.3. The van der Waals surface area contributed by atoms with Crippen molar-refractivity contribution in [2.75, 3.05) is 40.9 Å². The lowest BCUT2D eigenvalue weighted by molar-refractivity contribution is -0.870. The van der Waals surface area contributed by atoms with E-state index in [9.17, 15) is 29.6 Å². The molecule has 0 aromatic rings. The van der Waals surface area contributed by atoms with Crippen LogP contribution in [0.2, 0.25) is 0 Å². The third-order valence-electron chi connectivity index (χ3n) is 8.20. The van der Waals surface area contributed by atoms with Crippen molar-refractivity contribution in [2.45, 2.75) is 135 Å². The molecule has 0 bridgehead atoms. The highest BCUT2D eigenvalue weighted by Gasteiger charge is 2.23. The van der Waals surface area contributed by atoms with E-state index in [1.165, 1.54) is 38.5 Å². The molecule has 1 unspecified atom stereocenters. The summed E-state index contributed by atoms with van der Waals surface area (Å²) in [7, 11) is 1.09. The van der Waals surface area contributed by atoms with Gasteiger partial charge in [-0.1, -0.05) is 143 Å². The molecule has 5 atom stereocenters. The van der Waals surface area contributed by atoms with Crippen molar-refractivity contribution in [3.8, 4) is 0 Å². The number of rotatable bonds is 34. The molecule has 11 heteroatoms. The van der Waals surface area contributed by atoms with Gasteiger partial charge in [-0.25, -0.2) is 0 Å². The topological polar surface area (TPSA) is 148 Å². The number of likely N-dealkylation sites (N-methyl/N-ethyl adjacent to an activating group) is 1. The first kappa shape index (κ1) is 52.3. The van der Waals surface area contributed by atoms with E-state index in [1.807, 2.05) is 69.8 Å². The maximum Gasteiger partial charge on any atom is 0.268 e. The lowest BCUT2D eigenvalue weighted by Crippen LogP contribution is -2.45. The molecule has 0 aromatic carbocycles. The average Bonchev–Trinajstić information content (AvgIpc) is 3.12. The molecule has 0 heterocycles. The summed E-state index contributed by atoms with van der Waals surface area (Å²) < 4.78 is 23.0. The van der Waals surface area contributed by atoms with Crippen LogP contribution in [0.3, 0.4) is 0 Å². The minimum Gasteiger partial charge on any atom is -0.756 e. The molecule has 0 aliphatic rings. The first-order valence-corrected chi connectivity index (χ1v) is 21.8. The zero-order valence-electron chi connectivity index (χ0n) is 34.6. The second-order valence-electron chi connectivity index (χ2n) is 14.6. The van der Waals surface area contributed by atoms with E-state index in [0.29, 0.717) is 43.1 Å². The van der Waals surface area contributed by atoms with E-state index in [-0.39, 0.29) is 18.9 Å². The Morgan fingerprint density at radius 2 is 1.36 bits per heavy atom. The number of phosphoric ester groups is 1. The number of carbonyl (C=O) groups is 1. The highest BCUT2D eigenvalue weighted by molar-refractivity contribution is 7.45. The molecule has 0 fully saturated rings. The van der Waals surface area contributed by atoms with Crippen molar-refractivity contribution in [1.29, 1.82) is 0 Å². The summed E-state index contributed by atoms with van der Waals surface area (Å²) in [6.07, 6.45) is 41.0. The van der Waals surface area contributed by atoms with Crippen molar-refractivity contribution in [3.63, 3.8) is 0 Å². The van der Waals surface area contributed by atoms with Gasteiger partial charge < -0.3 is 39.1 Å². The molecule has 314 valence electrons. The first-order chi connectivity index (χ1) is 26.3. The molecule has 0 aliphatic heterocycles. The van der Waals surface area contributed by atoms with Crippen molar-refractivity contribution < 1.29 is 43.1 Å². The number of aliphatic hydroxyl groups excluding tert-OH is 3. The maximum atomic E-state index is 12.8. The smallest absolute Gasteiger partial charge is 0.268 e. The van der Waals surface area contributed by atoms with E-state index in [4.69, 9.17) is 9.05 Å². The van der Waals surface area contributed by atoms with Crippen LogP contribution in [-0.2, 0) is 18.4 Å². The Morgan fingerprint density at radius 1 is 0.727 bits per heavy atom. The Balaban J connectivity index is 4.82. The fourth-order valence-corrected chi connectivity index (χ4v) is 5.63. The van der Waals surface area contributed by atoms with Gasteiger partial charge in [0, 0.05) is 6.42 Å². The number of phosphoric acid groups is 1. The van der Waals surface area contributed by atoms with Crippen LogP contribution in [-0.4, -0.2) is 91.0 Å². The molecule has 0 saturated heterocycles. The van der Waals surface area contributed by atoms with Crippen molar-refractivity contribution >= 4 is 13.7 Å². The Hall–Kier alpha value is -2.66. The zero-order valence-corrected chi connectivity index (χ0v) is 35.4. The summed E-state index contributed by atoms with van der Waals surface area (Å²) in [5, 5.41) is 33.6. The Bertz CT molecular complexity index is 1250. The normalized spacial score (nSPS) is 16.6. The maximum absolute atomic E-state index is 12.8. The number of allylic oxidation sites excluding steroid dienone is 11. The van der Waals surface area contributed by atoms with Crippen molar-refractivity contribution in [1.82, 2.24) is 5.32 Å². The van der Waals surface area contributed by atoms with Crippen LogP contribution in [0.1, 0.15) is 110 Å². The van der Waals surface area contributed by atoms with Crippen LogP contribution in [0.15, 0.2) is 97.2 Å². The molecular weight excluding hydrogens is 715 g/mol. The van der Waals surface area contributed by atoms with E-state index < -0.39 is 38.8 Å². The molecule has 4 N–H and O–H groups in total. The number of hydrogen-bond acceptors (Lipinski definition) is 8. The number of nitrogens with zero attached hydrogens (tertiary/aromatic N) is 1. The van der Waals surface area contributed by atoms with Crippen LogP contribution in [0, 0.1) is 0 Å². The average molecular weight is 791 g/mol. The molecule has 10 nitrogen and oxygen atoms in total. The van der Waals surface area contributed by atoms with E-state index in [0.717, 1.165) is 19.3 Å². The number of quaternary nitrogens is 1. The van der Waals surface area contributed by atoms with Crippen LogP contribution in [0.25, 0.3) is 0 Å². The van der Waals surface area contributed by atoms with Crippen molar-refractivity contribution in [3.05, 3.63) is 97.2 Å². The number of amides is 1. The minimum absolute atomic E-state index is 0.0502. The standard InChI is InChI=1S/C44H75N2O8P/c1-6-8-10-11-12-13-14-15-16-20-23-29-35-43(49)42(39-54-55(51,52)53-38-37-46(3,4)5)45-44(50)36-30-24-28-34-41(48)33-27-22-19-17-18-21-26-32-40(47)31-25-9-7-2/h9,15-16,18-19,21-22,25-29,32-35,40-43,47-49H,6-8,10-14,17,20,23-24,30-31,36-39H2,1-5H3,(H-,45,50,51,52)/b16-15-,21-18-,22-19-,25-9-,32-26+,33-27+,34-28-,35-29+/t40-,41-,42-,43+/m0/s1. The van der Waals surface area contributed by atoms with Crippen molar-refractivity contribution in [2.24, 2.45) is 0 Å². The lowest BCUT2D eigenvalue weighted by Gasteiger charge is -2.29. The van der Waals surface area contributed by atoms with E-state index in [1.54, 1.807) is 36.5 Å². The third-order valence-corrected chi connectivity index (χ3v) is 9.17. The zero-order chi connectivity index (χ0) is 41.0. The van der Waals surface area contributed by atoms with Gasteiger partial charge >= 0.3 is 0 Å². The monoisotopic (exact) mass is 791 g/mol. The summed E-state index contributed by atoms with van der Waals surface area (Å²) in [5.74, 6) is -0.353. The second-order valence-corrected chi connectivity index (χ2v) is 16.1. The molecule has 0 aromatic heterocycles. The largest absolute Gasteiger partial charge is 0.756 e. The number of unbranched alkanes of at least 4 members (excludes halogenated alkanes) is 8. The summed E-state index contributed by atoms with van der Waals surface area (Å²) in [6.45, 7) is 4.21. The number of hydrogen-bond donors (Lipinski definition) is 4. The highest BCUT2D eigenvalue weighted by Crippen LogP contribution is 2.38. The molecule has 55 heavy (non-hydrogen) atoms. The molecular formula is C44H75N2O8P. The minimum atomic E-state index is -4.65. The predicted octanol–water partition coefficient (Wildman–Crippen LogP) is 8.10. The Morgan fingerprint density at radius 3 is 2.07 bits per heavy atom. The van der Waals surface area contributed by atoms with Crippen LogP contribution >= 0.6 is 7.82 Å². The second kappa shape index (κ2) is 34.6. The van der Waals surface area contributed by atoms with Gasteiger partial charge in [0.1, 0.15) is 13.2 Å². The van der Waals surface area contributed by atoms with Gasteiger partial charge in [0.25, 0.3) is 7.82 Å². The van der Waals surface area contributed by atoms with Gasteiger partial charge in [-0.05, 0) is 57.8 Å². The Labute approximate surface area is 334 Å². The number of carbonyl (C=O) groups excluding carboxylic acids is 1. The van der Waals surface area contributed by atoms with Gasteiger partial charge in [-0.3, -0.25) is 9.36 Å². The van der Waals surface area contributed by atoms with Crippen LogP contribution < -0.4 is 10.2 Å². The number of nitrogens with one attached hydrogen (secondary N) is 1. The quantitative estimate of drug-likeness (QED) is 0.0168. The van der Waals surface area contributed by atoms with Gasteiger partial charge in [-0.15, -0.1) is 0 Å². The fourth-order valence-electron chi connectivity index (χ4n) is 4.90. The van der Waals surface area contributed by atoms with E-state index in [2.05, 4.69) is 31.3 Å². The van der Waals surface area contributed by atoms with Gasteiger partial charge in [0.2, 0.25) is 5.91 Å². The van der Waals surface area contributed by atoms with Gasteiger partial charge in [0.05, 0.1) is 52.1 Å².